The molecule has 0 amide bonds. The van der Waals surface area contributed by atoms with Crippen molar-refractivity contribution >= 4 is 6.08 Å². The second kappa shape index (κ2) is 4.82. The highest BCUT2D eigenvalue weighted by Crippen LogP contribution is 2.38. The molecule has 0 aliphatic carbocycles. The predicted octanol–water partition coefficient (Wildman–Crippen LogP) is 3.28. The maximum absolute atomic E-state index is 12.6. The lowest BCUT2D eigenvalue weighted by Crippen LogP contribution is -2.15. The van der Waals surface area contributed by atoms with Crippen molar-refractivity contribution in [3.05, 3.63) is 29.3 Å². The summed E-state index contributed by atoms with van der Waals surface area (Å²) in [5.41, 5.74) is -1.37. The summed E-state index contributed by atoms with van der Waals surface area (Å²) in [6.07, 6.45) is -3.08. The van der Waals surface area contributed by atoms with E-state index < -0.39 is 17.3 Å². The molecule has 0 spiro atoms. The van der Waals surface area contributed by atoms with E-state index in [2.05, 4.69) is 4.99 Å². The van der Waals surface area contributed by atoms with Crippen LogP contribution in [-0.2, 0) is 16.5 Å². The minimum Gasteiger partial charge on any atom is -0.496 e. The van der Waals surface area contributed by atoms with Crippen LogP contribution in [0.4, 0.5) is 13.2 Å². The first-order valence-electron chi connectivity index (χ1n) is 5.07. The van der Waals surface area contributed by atoms with Crippen molar-refractivity contribution in [3.8, 4) is 5.75 Å². The molecule has 0 aromatic heterocycles. The molecular weight excluding hydrogens is 247 g/mol. The quantitative estimate of drug-likeness (QED) is 0.617. The van der Waals surface area contributed by atoms with Gasteiger partial charge in [0.1, 0.15) is 5.75 Å². The molecule has 0 saturated carbocycles. The van der Waals surface area contributed by atoms with Crippen molar-refractivity contribution in [3.63, 3.8) is 0 Å². The molecule has 6 heteroatoms. The summed E-state index contributed by atoms with van der Waals surface area (Å²) in [6.45, 7) is 3.19. The van der Waals surface area contributed by atoms with Gasteiger partial charge in [-0.3, -0.25) is 0 Å². The topological polar surface area (TPSA) is 38.7 Å². The highest BCUT2D eigenvalue weighted by molar-refractivity contribution is 5.44. The van der Waals surface area contributed by atoms with Crippen LogP contribution in [0.25, 0.3) is 0 Å². The SMILES string of the molecule is COc1cc(C(C)(C)N=C=O)ccc1C(F)(F)F. The third kappa shape index (κ3) is 2.90. The largest absolute Gasteiger partial charge is 0.496 e. The van der Waals surface area contributed by atoms with Crippen LogP contribution >= 0.6 is 0 Å². The number of rotatable bonds is 3. The molecule has 3 nitrogen and oxygen atoms in total. The molecule has 0 atom stereocenters. The number of hydrogen-bond acceptors (Lipinski definition) is 3. The Labute approximate surface area is 102 Å². The minimum absolute atomic E-state index is 0.297. The summed E-state index contributed by atoms with van der Waals surface area (Å²) >= 11 is 0. The fraction of sp³-hybridized carbons (Fsp3) is 0.417. The first-order chi connectivity index (χ1) is 8.22. The number of nitrogens with zero attached hydrogens (tertiary/aromatic N) is 1. The van der Waals surface area contributed by atoms with Crippen molar-refractivity contribution < 1.29 is 22.7 Å². The summed E-state index contributed by atoms with van der Waals surface area (Å²) in [5, 5.41) is 0. The molecule has 1 aromatic rings. The van der Waals surface area contributed by atoms with Gasteiger partial charge in [0.25, 0.3) is 0 Å². The molecule has 98 valence electrons. The normalized spacial score (nSPS) is 11.9. The second-order valence-electron chi connectivity index (χ2n) is 4.17. The zero-order chi connectivity index (χ0) is 14.0. The molecule has 0 saturated heterocycles. The van der Waals surface area contributed by atoms with Gasteiger partial charge in [0.2, 0.25) is 6.08 Å². The monoisotopic (exact) mass is 259 g/mol. The van der Waals surface area contributed by atoms with E-state index in [1.54, 1.807) is 13.8 Å². The number of carbonyl (C=O) groups excluding carboxylic acids is 1. The van der Waals surface area contributed by atoms with Crippen LogP contribution in [0.1, 0.15) is 25.0 Å². The van der Waals surface area contributed by atoms with E-state index in [0.29, 0.717) is 5.56 Å². The predicted molar refractivity (Wildman–Crippen MR) is 59.1 cm³/mol. The fourth-order valence-corrected chi connectivity index (χ4v) is 1.48. The van der Waals surface area contributed by atoms with Crippen molar-refractivity contribution in [1.29, 1.82) is 0 Å². The Morgan fingerprint density at radius 2 is 1.89 bits per heavy atom. The van der Waals surface area contributed by atoms with Crippen molar-refractivity contribution in [2.75, 3.05) is 7.11 Å². The Morgan fingerprint density at radius 1 is 1.28 bits per heavy atom. The molecule has 0 heterocycles. The summed E-state index contributed by atoms with van der Waals surface area (Å²) < 4.78 is 42.7. The molecule has 0 N–H and O–H groups in total. The van der Waals surface area contributed by atoms with Crippen molar-refractivity contribution in [2.24, 2.45) is 4.99 Å². The van der Waals surface area contributed by atoms with Gasteiger partial charge in [-0.2, -0.15) is 18.2 Å². The van der Waals surface area contributed by atoms with Gasteiger partial charge in [0.05, 0.1) is 18.2 Å². The maximum Gasteiger partial charge on any atom is 0.419 e. The molecule has 0 fully saturated rings. The molecule has 0 radical (unpaired) electrons. The van der Waals surface area contributed by atoms with Gasteiger partial charge in [-0.1, -0.05) is 6.07 Å². The fourth-order valence-electron chi connectivity index (χ4n) is 1.48. The van der Waals surface area contributed by atoms with E-state index in [9.17, 15) is 18.0 Å². The van der Waals surface area contributed by atoms with Crippen LogP contribution < -0.4 is 4.74 Å². The molecule has 1 rings (SSSR count). The third-order valence-corrected chi connectivity index (χ3v) is 2.54. The average molecular weight is 259 g/mol. The van der Waals surface area contributed by atoms with Gasteiger partial charge in [0, 0.05) is 0 Å². The van der Waals surface area contributed by atoms with Crippen LogP contribution in [0.2, 0.25) is 0 Å². The minimum atomic E-state index is -4.48. The van der Waals surface area contributed by atoms with Crippen LogP contribution in [0, 0.1) is 0 Å². The summed E-state index contributed by atoms with van der Waals surface area (Å²) in [5.74, 6) is -0.297. The maximum atomic E-state index is 12.6. The Hall–Kier alpha value is -1.81. The smallest absolute Gasteiger partial charge is 0.419 e. The van der Waals surface area contributed by atoms with Gasteiger partial charge in [-0.15, -0.1) is 0 Å². The van der Waals surface area contributed by atoms with Gasteiger partial charge in [0.15, 0.2) is 0 Å². The van der Waals surface area contributed by atoms with Crippen LogP contribution in [0.5, 0.6) is 5.75 Å². The first kappa shape index (κ1) is 14.3. The Bertz CT molecular complexity index is 489. The Balaban J connectivity index is 3.34. The Kier molecular flexibility index (Phi) is 3.82. The summed E-state index contributed by atoms with van der Waals surface area (Å²) in [7, 11) is 1.16. The molecule has 18 heavy (non-hydrogen) atoms. The van der Waals surface area contributed by atoms with Crippen LogP contribution in [0.15, 0.2) is 23.2 Å². The number of alkyl halides is 3. The van der Waals surface area contributed by atoms with Gasteiger partial charge in [-0.25, -0.2) is 4.79 Å². The van der Waals surface area contributed by atoms with E-state index in [1.807, 2.05) is 0 Å². The second-order valence-corrected chi connectivity index (χ2v) is 4.17. The zero-order valence-electron chi connectivity index (χ0n) is 10.1. The lowest BCUT2D eigenvalue weighted by atomic mass is 9.93. The number of ether oxygens (including phenoxy) is 1. The number of hydrogen-bond donors (Lipinski definition) is 0. The summed E-state index contributed by atoms with van der Waals surface area (Å²) in [6, 6.07) is 3.41. The molecule has 0 aliphatic heterocycles. The average Bonchev–Trinajstić information content (AvgIpc) is 2.27. The first-order valence-corrected chi connectivity index (χ1v) is 5.07. The van der Waals surface area contributed by atoms with E-state index >= 15 is 0 Å². The standard InChI is InChI=1S/C12H12F3NO2/c1-11(2,16-7-17)8-4-5-9(12(13,14)15)10(6-8)18-3/h4-6H,1-3H3. The number of aliphatic imine (C=N–C) groups is 1. The molecule has 0 bridgehead atoms. The van der Waals surface area contributed by atoms with E-state index in [1.165, 1.54) is 18.2 Å². The lowest BCUT2D eigenvalue weighted by molar-refractivity contribution is -0.138. The molecule has 0 unspecified atom stereocenters. The van der Waals surface area contributed by atoms with Gasteiger partial charge in [-0.05, 0) is 31.5 Å². The molecule has 1 aromatic carbocycles. The number of halogens is 3. The Morgan fingerprint density at radius 3 is 2.33 bits per heavy atom. The van der Waals surface area contributed by atoms with Crippen LogP contribution in [0.3, 0.4) is 0 Å². The molecular formula is C12H12F3NO2. The summed E-state index contributed by atoms with van der Waals surface area (Å²) in [4.78, 5) is 13.8. The number of isocyanates is 1. The molecule has 0 aliphatic rings. The third-order valence-electron chi connectivity index (χ3n) is 2.54. The van der Waals surface area contributed by atoms with Gasteiger partial charge >= 0.3 is 6.18 Å². The number of methoxy groups -OCH3 is 1. The number of benzene rings is 1. The van der Waals surface area contributed by atoms with E-state index in [4.69, 9.17) is 4.74 Å². The highest BCUT2D eigenvalue weighted by atomic mass is 19.4. The van der Waals surface area contributed by atoms with E-state index in [-0.39, 0.29) is 5.75 Å². The van der Waals surface area contributed by atoms with Crippen molar-refractivity contribution in [1.82, 2.24) is 0 Å². The highest BCUT2D eigenvalue weighted by Gasteiger charge is 2.35. The van der Waals surface area contributed by atoms with Gasteiger partial charge < -0.3 is 4.74 Å². The van der Waals surface area contributed by atoms with E-state index in [0.717, 1.165) is 13.2 Å². The van der Waals surface area contributed by atoms with Crippen molar-refractivity contribution in [2.45, 2.75) is 25.6 Å². The lowest BCUT2D eigenvalue weighted by Gasteiger charge is -2.20. The zero-order valence-corrected chi connectivity index (χ0v) is 10.1. The van der Waals surface area contributed by atoms with Crippen LogP contribution in [-0.4, -0.2) is 13.2 Å².